The number of imide groups is 2. The van der Waals surface area contributed by atoms with Crippen molar-refractivity contribution >= 4 is 24.0 Å². The summed E-state index contributed by atoms with van der Waals surface area (Å²) >= 11 is 0. The van der Waals surface area contributed by atoms with Gasteiger partial charge in [-0.3, -0.25) is 20.2 Å². The zero-order valence-corrected chi connectivity index (χ0v) is 11.7. The summed E-state index contributed by atoms with van der Waals surface area (Å²) in [6.07, 6.45) is -15.5. The van der Waals surface area contributed by atoms with E-state index in [-0.39, 0.29) is 6.42 Å². The Labute approximate surface area is 129 Å². The van der Waals surface area contributed by atoms with Gasteiger partial charge in [0.2, 0.25) is 0 Å². The van der Waals surface area contributed by atoms with Crippen molar-refractivity contribution in [2.75, 3.05) is 6.61 Å². The molecule has 0 aliphatic carbocycles. The highest BCUT2D eigenvalue weighted by molar-refractivity contribution is 5.95. The van der Waals surface area contributed by atoms with E-state index in [1.54, 1.807) is 0 Å². The number of halogens is 6. The average molecular weight is 368 g/mol. The molecule has 24 heavy (non-hydrogen) atoms. The van der Waals surface area contributed by atoms with Gasteiger partial charge in [-0.05, 0) is 6.92 Å². The second-order valence-electron chi connectivity index (χ2n) is 4.04. The number of hydrogen-bond acceptors (Lipinski definition) is 6. The molecule has 0 fully saturated rings. The highest BCUT2D eigenvalue weighted by atomic mass is 19.4. The van der Waals surface area contributed by atoms with Crippen molar-refractivity contribution in [3.8, 4) is 0 Å². The predicted molar refractivity (Wildman–Crippen MR) is 60.3 cm³/mol. The van der Waals surface area contributed by atoms with Crippen LogP contribution in [-0.4, -0.2) is 49.1 Å². The number of carbonyl (C=O) groups is 4. The molecule has 14 heteroatoms. The fraction of sp³-hybridized carbons (Fsp3) is 0.600. The highest BCUT2D eigenvalue weighted by Gasteiger charge is 2.41. The summed E-state index contributed by atoms with van der Waals surface area (Å²) in [5.41, 5.74) is 0. The molecule has 4 amide bonds. The van der Waals surface area contributed by atoms with Crippen LogP contribution in [0.15, 0.2) is 0 Å². The van der Waals surface area contributed by atoms with Crippen LogP contribution in [0.2, 0.25) is 0 Å². The van der Waals surface area contributed by atoms with Gasteiger partial charge in [0.25, 0.3) is 0 Å². The Kier molecular flexibility index (Phi) is 7.47. The van der Waals surface area contributed by atoms with E-state index in [0.29, 0.717) is 0 Å². The van der Waals surface area contributed by atoms with Crippen LogP contribution in [0.1, 0.15) is 13.3 Å². The molecule has 0 unspecified atom stereocenters. The molecule has 0 spiro atoms. The number of ether oxygens (including phenoxy) is 2. The minimum Gasteiger partial charge on any atom is -0.449 e. The van der Waals surface area contributed by atoms with Gasteiger partial charge in [0.15, 0.2) is 0 Å². The zero-order valence-electron chi connectivity index (χ0n) is 11.7. The van der Waals surface area contributed by atoms with Crippen LogP contribution in [0.3, 0.4) is 0 Å². The van der Waals surface area contributed by atoms with Gasteiger partial charge in [-0.2, -0.15) is 26.3 Å². The first kappa shape index (κ1) is 21.5. The monoisotopic (exact) mass is 368 g/mol. The molecule has 0 rings (SSSR count). The maximum absolute atomic E-state index is 11.8. The Morgan fingerprint density at radius 2 is 1.29 bits per heavy atom. The predicted octanol–water partition coefficient (Wildman–Crippen LogP) is 1.40. The number of amides is 4. The van der Waals surface area contributed by atoms with E-state index in [2.05, 4.69) is 9.47 Å². The summed E-state index contributed by atoms with van der Waals surface area (Å²) in [4.78, 5) is 42.5. The average Bonchev–Trinajstić information content (AvgIpc) is 2.35. The van der Waals surface area contributed by atoms with Gasteiger partial charge in [0.05, 0.1) is 6.61 Å². The van der Waals surface area contributed by atoms with Crippen LogP contribution < -0.4 is 10.6 Å². The van der Waals surface area contributed by atoms with Crippen LogP contribution in [0.5, 0.6) is 0 Å². The third-order valence-corrected chi connectivity index (χ3v) is 2.01. The van der Waals surface area contributed by atoms with E-state index >= 15 is 0 Å². The third-order valence-electron chi connectivity index (χ3n) is 2.01. The number of nitrogens with one attached hydrogen (secondary N) is 2. The first-order chi connectivity index (χ1) is 10.7. The Bertz CT molecular complexity index is 503. The number of rotatable bonds is 4. The molecule has 2 N–H and O–H groups in total. The molecule has 0 heterocycles. The van der Waals surface area contributed by atoms with E-state index in [1.165, 1.54) is 0 Å². The molecule has 0 saturated heterocycles. The maximum atomic E-state index is 11.8. The fourth-order valence-electron chi connectivity index (χ4n) is 0.952. The molecule has 138 valence electrons. The lowest BCUT2D eigenvalue weighted by Gasteiger charge is -2.14. The SMILES string of the molecule is C[C@H](CCOC(=O)NC(=O)C(F)(F)F)OC(=O)NC(=O)C(F)(F)F. The molecule has 0 aliphatic rings. The lowest BCUT2D eigenvalue weighted by molar-refractivity contribution is -0.172. The van der Waals surface area contributed by atoms with Crippen molar-refractivity contribution < 1.29 is 55.0 Å². The minimum atomic E-state index is -5.30. The van der Waals surface area contributed by atoms with Crippen LogP contribution in [0.4, 0.5) is 35.9 Å². The van der Waals surface area contributed by atoms with Crippen molar-refractivity contribution in [3.05, 3.63) is 0 Å². The summed E-state index contributed by atoms with van der Waals surface area (Å²) in [6, 6.07) is 0. The third kappa shape index (κ3) is 8.79. The Morgan fingerprint density at radius 1 is 0.875 bits per heavy atom. The Morgan fingerprint density at radius 3 is 1.71 bits per heavy atom. The van der Waals surface area contributed by atoms with Crippen molar-refractivity contribution in [3.63, 3.8) is 0 Å². The highest BCUT2D eigenvalue weighted by Crippen LogP contribution is 2.15. The van der Waals surface area contributed by atoms with Crippen molar-refractivity contribution in [2.24, 2.45) is 0 Å². The molecule has 0 aliphatic heterocycles. The van der Waals surface area contributed by atoms with Gasteiger partial charge in [0.1, 0.15) is 6.10 Å². The summed E-state index contributed by atoms with van der Waals surface area (Å²) in [7, 11) is 0. The quantitative estimate of drug-likeness (QED) is 0.726. The summed E-state index contributed by atoms with van der Waals surface area (Å²) in [5, 5.41) is 1.74. The molecule has 1 atom stereocenters. The Hall–Kier alpha value is -2.54. The Balaban J connectivity index is 4.08. The number of alkyl carbamates (subject to hydrolysis) is 2. The largest absolute Gasteiger partial charge is 0.471 e. The van der Waals surface area contributed by atoms with Gasteiger partial charge in [-0.25, -0.2) is 9.59 Å². The van der Waals surface area contributed by atoms with E-state index in [0.717, 1.165) is 17.6 Å². The van der Waals surface area contributed by atoms with Crippen molar-refractivity contribution in [1.29, 1.82) is 0 Å². The maximum Gasteiger partial charge on any atom is 0.471 e. The lowest BCUT2D eigenvalue weighted by Crippen LogP contribution is -2.42. The van der Waals surface area contributed by atoms with Crippen molar-refractivity contribution in [1.82, 2.24) is 10.6 Å². The minimum absolute atomic E-state index is 0.332. The van der Waals surface area contributed by atoms with Crippen LogP contribution in [0, 0.1) is 0 Å². The molecule has 8 nitrogen and oxygen atoms in total. The van der Waals surface area contributed by atoms with E-state index < -0.39 is 49.1 Å². The summed E-state index contributed by atoms with van der Waals surface area (Å²) in [6.45, 7) is 0.512. The first-order valence-corrected chi connectivity index (χ1v) is 5.87. The standard InChI is InChI=1S/C10H10F6N2O6/c1-4(24-8(22)18-6(20)10(14,15)16)2-3-23-7(21)17-5(19)9(11,12)13/h4H,2-3H2,1H3,(H,17,19,21)(H,18,20,22)/t4-/m1/s1. The van der Waals surface area contributed by atoms with Crippen LogP contribution >= 0.6 is 0 Å². The zero-order chi connectivity index (χ0) is 19.1. The topological polar surface area (TPSA) is 111 Å². The normalized spacial score (nSPS) is 12.8. The number of hydrogen-bond donors (Lipinski definition) is 2. The second kappa shape index (κ2) is 8.35. The number of carbonyl (C=O) groups excluding carboxylic acids is 4. The first-order valence-electron chi connectivity index (χ1n) is 5.87. The van der Waals surface area contributed by atoms with Gasteiger partial charge >= 0.3 is 36.4 Å². The molecule has 0 saturated carbocycles. The lowest BCUT2D eigenvalue weighted by atomic mass is 10.3. The van der Waals surface area contributed by atoms with E-state index in [4.69, 9.17) is 0 Å². The molecular formula is C10H10F6N2O6. The molecule has 0 aromatic heterocycles. The second-order valence-corrected chi connectivity index (χ2v) is 4.04. The van der Waals surface area contributed by atoms with Gasteiger partial charge in [-0.15, -0.1) is 0 Å². The molecule has 0 aromatic carbocycles. The van der Waals surface area contributed by atoms with Crippen LogP contribution in [0.25, 0.3) is 0 Å². The fourth-order valence-corrected chi connectivity index (χ4v) is 0.952. The van der Waals surface area contributed by atoms with Gasteiger partial charge in [-0.1, -0.05) is 0 Å². The van der Waals surface area contributed by atoms with E-state index in [9.17, 15) is 45.5 Å². The molecular weight excluding hydrogens is 358 g/mol. The van der Waals surface area contributed by atoms with Crippen molar-refractivity contribution in [2.45, 2.75) is 31.8 Å². The molecule has 0 bridgehead atoms. The van der Waals surface area contributed by atoms with E-state index in [1.807, 2.05) is 0 Å². The summed E-state index contributed by atoms with van der Waals surface area (Å²) in [5.74, 6) is -5.11. The smallest absolute Gasteiger partial charge is 0.449 e. The van der Waals surface area contributed by atoms with Gasteiger partial charge < -0.3 is 9.47 Å². The van der Waals surface area contributed by atoms with Gasteiger partial charge in [0, 0.05) is 6.42 Å². The number of alkyl halides is 6. The molecule has 0 aromatic rings. The molecule has 0 radical (unpaired) electrons. The van der Waals surface area contributed by atoms with Crippen LogP contribution in [-0.2, 0) is 19.1 Å². The summed E-state index contributed by atoms with van der Waals surface area (Å²) < 4.78 is 79.4.